The van der Waals surface area contributed by atoms with E-state index in [1.165, 1.54) is 12.1 Å². The van der Waals surface area contributed by atoms with Crippen LogP contribution >= 0.6 is 11.6 Å². The van der Waals surface area contributed by atoms with Crippen LogP contribution in [0, 0.1) is 0 Å². The van der Waals surface area contributed by atoms with Crippen molar-refractivity contribution >= 4 is 17.4 Å². The summed E-state index contributed by atoms with van der Waals surface area (Å²) in [6.07, 6.45) is -2.72. The number of nitrogens with zero attached hydrogens (tertiary/aromatic N) is 1. The molecule has 0 atom stereocenters. The number of pyridine rings is 1. The van der Waals surface area contributed by atoms with Crippen LogP contribution in [-0.4, -0.2) is 4.98 Å². The molecule has 100 valence electrons. The molecule has 1 heterocycles. The Kier molecular flexibility index (Phi) is 3.95. The van der Waals surface area contributed by atoms with Crippen molar-refractivity contribution in [1.29, 1.82) is 0 Å². The molecular formula is C13H10ClF3N2. The number of hydrogen-bond acceptors (Lipinski definition) is 2. The van der Waals surface area contributed by atoms with Gasteiger partial charge in [0.25, 0.3) is 0 Å². The predicted molar refractivity (Wildman–Crippen MR) is 68.0 cm³/mol. The molecule has 0 aliphatic rings. The normalized spacial score (nSPS) is 11.4. The molecule has 2 nitrogen and oxygen atoms in total. The Hall–Kier alpha value is -1.75. The molecular weight excluding hydrogens is 277 g/mol. The van der Waals surface area contributed by atoms with Gasteiger partial charge in [-0.2, -0.15) is 13.2 Å². The average Bonchev–Trinajstić information content (AvgIpc) is 2.37. The molecule has 0 spiro atoms. The number of anilines is 1. The van der Waals surface area contributed by atoms with E-state index in [-0.39, 0.29) is 0 Å². The van der Waals surface area contributed by atoms with E-state index in [1.54, 1.807) is 18.3 Å². The molecule has 1 N–H and O–H groups in total. The summed E-state index contributed by atoms with van der Waals surface area (Å²) in [5.74, 6) is 0.504. The van der Waals surface area contributed by atoms with Gasteiger partial charge in [-0.25, -0.2) is 4.98 Å². The highest BCUT2D eigenvalue weighted by Crippen LogP contribution is 2.29. The molecule has 2 aromatic rings. The van der Waals surface area contributed by atoms with Gasteiger partial charge >= 0.3 is 6.18 Å². The van der Waals surface area contributed by atoms with Crippen LogP contribution in [0.3, 0.4) is 0 Å². The van der Waals surface area contributed by atoms with E-state index in [0.29, 0.717) is 17.4 Å². The van der Waals surface area contributed by atoms with E-state index in [2.05, 4.69) is 10.3 Å². The maximum atomic E-state index is 12.4. The first-order valence-electron chi connectivity index (χ1n) is 5.47. The van der Waals surface area contributed by atoms with Gasteiger partial charge in [0.05, 0.1) is 10.6 Å². The fourth-order valence-corrected chi connectivity index (χ4v) is 1.70. The lowest BCUT2D eigenvalue weighted by Crippen LogP contribution is -2.06. The number of aromatic nitrogens is 1. The van der Waals surface area contributed by atoms with Crippen molar-refractivity contribution in [3.8, 4) is 0 Å². The minimum absolute atomic E-state index is 0.356. The number of hydrogen-bond donors (Lipinski definition) is 1. The molecule has 1 aromatic carbocycles. The highest BCUT2D eigenvalue weighted by atomic mass is 35.5. The maximum absolute atomic E-state index is 12.4. The van der Waals surface area contributed by atoms with Gasteiger partial charge in [-0.1, -0.05) is 23.7 Å². The van der Waals surface area contributed by atoms with E-state index in [0.717, 1.165) is 17.7 Å². The average molecular weight is 287 g/mol. The second-order valence-electron chi connectivity index (χ2n) is 3.88. The van der Waals surface area contributed by atoms with Gasteiger partial charge in [-0.05, 0) is 29.8 Å². The zero-order valence-corrected chi connectivity index (χ0v) is 10.5. The largest absolute Gasteiger partial charge is 0.416 e. The number of rotatable bonds is 3. The topological polar surface area (TPSA) is 24.9 Å². The first kappa shape index (κ1) is 13.7. The van der Waals surface area contributed by atoms with Crippen molar-refractivity contribution in [2.24, 2.45) is 0 Å². The SMILES string of the molecule is FC(F)(F)c1ccc(CNc2ncccc2Cl)cc1. The molecule has 0 fully saturated rings. The Bertz CT molecular complexity index is 553. The van der Waals surface area contributed by atoms with Crippen LogP contribution in [0.5, 0.6) is 0 Å². The number of halogens is 4. The lowest BCUT2D eigenvalue weighted by Gasteiger charge is -2.09. The Morgan fingerprint density at radius 1 is 1.11 bits per heavy atom. The van der Waals surface area contributed by atoms with E-state index in [4.69, 9.17) is 11.6 Å². The van der Waals surface area contributed by atoms with E-state index in [9.17, 15) is 13.2 Å². The van der Waals surface area contributed by atoms with Gasteiger partial charge in [0.2, 0.25) is 0 Å². The molecule has 2 rings (SSSR count). The fraction of sp³-hybridized carbons (Fsp3) is 0.154. The van der Waals surface area contributed by atoms with Crippen molar-refractivity contribution in [3.63, 3.8) is 0 Å². The molecule has 0 bridgehead atoms. The van der Waals surface area contributed by atoms with Crippen LogP contribution in [0.1, 0.15) is 11.1 Å². The van der Waals surface area contributed by atoms with Gasteiger partial charge in [0, 0.05) is 12.7 Å². The zero-order chi connectivity index (χ0) is 13.9. The van der Waals surface area contributed by atoms with Gasteiger partial charge < -0.3 is 5.32 Å². The summed E-state index contributed by atoms with van der Waals surface area (Å²) in [5.41, 5.74) is 0.0573. The third-order valence-electron chi connectivity index (χ3n) is 2.50. The second-order valence-corrected chi connectivity index (χ2v) is 4.29. The van der Waals surface area contributed by atoms with E-state index < -0.39 is 11.7 Å². The second kappa shape index (κ2) is 5.48. The monoisotopic (exact) mass is 286 g/mol. The Labute approximate surface area is 113 Å². The summed E-state index contributed by atoms with van der Waals surface area (Å²) < 4.78 is 37.1. The van der Waals surface area contributed by atoms with Gasteiger partial charge in [0.15, 0.2) is 0 Å². The van der Waals surface area contributed by atoms with E-state index >= 15 is 0 Å². The summed E-state index contributed by atoms with van der Waals surface area (Å²) >= 11 is 5.90. The van der Waals surface area contributed by atoms with Crippen LogP contribution in [0.15, 0.2) is 42.6 Å². The fourth-order valence-electron chi connectivity index (χ4n) is 1.51. The Morgan fingerprint density at radius 3 is 2.37 bits per heavy atom. The van der Waals surface area contributed by atoms with Crippen LogP contribution in [-0.2, 0) is 12.7 Å². The zero-order valence-electron chi connectivity index (χ0n) is 9.71. The molecule has 19 heavy (non-hydrogen) atoms. The molecule has 0 saturated heterocycles. The predicted octanol–water partition coefficient (Wildman–Crippen LogP) is 4.37. The highest BCUT2D eigenvalue weighted by Gasteiger charge is 2.29. The van der Waals surface area contributed by atoms with Crippen molar-refractivity contribution in [2.45, 2.75) is 12.7 Å². The molecule has 0 radical (unpaired) electrons. The highest BCUT2D eigenvalue weighted by molar-refractivity contribution is 6.32. The van der Waals surface area contributed by atoms with Crippen molar-refractivity contribution in [1.82, 2.24) is 4.98 Å². The first-order chi connectivity index (χ1) is 8.97. The van der Waals surface area contributed by atoms with Crippen molar-refractivity contribution < 1.29 is 13.2 Å². The van der Waals surface area contributed by atoms with Gasteiger partial charge in [-0.15, -0.1) is 0 Å². The quantitative estimate of drug-likeness (QED) is 0.906. The van der Waals surface area contributed by atoms with Crippen LogP contribution in [0.4, 0.5) is 19.0 Å². The van der Waals surface area contributed by atoms with Gasteiger partial charge in [-0.3, -0.25) is 0 Å². The molecule has 0 amide bonds. The number of nitrogens with one attached hydrogen (secondary N) is 1. The molecule has 0 aliphatic carbocycles. The van der Waals surface area contributed by atoms with Crippen molar-refractivity contribution in [3.05, 3.63) is 58.7 Å². The van der Waals surface area contributed by atoms with Crippen LogP contribution in [0.25, 0.3) is 0 Å². The Morgan fingerprint density at radius 2 is 1.79 bits per heavy atom. The summed E-state index contributed by atoms with van der Waals surface area (Å²) in [7, 11) is 0. The molecule has 1 aromatic heterocycles. The lowest BCUT2D eigenvalue weighted by molar-refractivity contribution is -0.137. The van der Waals surface area contributed by atoms with Gasteiger partial charge in [0.1, 0.15) is 5.82 Å². The number of alkyl halides is 3. The molecule has 0 unspecified atom stereocenters. The smallest absolute Gasteiger partial charge is 0.365 e. The summed E-state index contributed by atoms with van der Waals surface area (Å²) in [6.45, 7) is 0.356. The van der Waals surface area contributed by atoms with Crippen LogP contribution < -0.4 is 5.32 Å². The van der Waals surface area contributed by atoms with E-state index in [1.807, 2.05) is 0 Å². The summed E-state index contributed by atoms with van der Waals surface area (Å²) in [4.78, 5) is 4.03. The first-order valence-corrected chi connectivity index (χ1v) is 5.85. The summed E-state index contributed by atoms with van der Waals surface area (Å²) in [6, 6.07) is 8.34. The maximum Gasteiger partial charge on any atom is 0.416 e. The minimum Gasteiger partial charge on any atom is -0.365 e. The third kappa shape index (κ3) is 3.61. The Balaban J connectivity index is 2.03. The van der Waals surface area contributed by atoms with Crippen LogP contribution in [0.2, 0.25) is 5.02 Å². The molecule has 6 heteroatoms. The molecule has 0 aliphatic heterocycles. The number of benzene rings is 1. The summed E-state index contributed by atoms with van der Waals surface area (Å²) in [5, 5.41) is 3.43. The minimum atomic E-state index is -4.31. The van der Waals surface area contributed by atoms with Crippen molar-refractivity contribution in [2.75, 3.05) is 5.32 Å². The standard InChI is InChI=1S/C13H10ClF3N2/c14-11-2-1-7-18-12(11)19-8-9-3-5-10(6-4-9)13(15,16)17/h1-7H,8H2,(H,18,19). The molecule has 0 saturated carbocycles. The third-order valence-corrected chi connectivity index (χ3v) is 2.80. The lowest BCUT2D eigenvalue weighted by atomic mass is 10.1.